The van der Waals surface area contributed by atoms with E-state index in [2.05, 4.69) is 4.90 Å². The molecule has 0 aliphatic carbocycles. The van der Waals surface area contributed by atoms with Gasteiger partial charge in [0.2, 0.25) is 0 Å². The quantitative estimate of drug-likeness (QED) is 0.489. The molecule has 0 radical (unpaired) electrons. The number of likely N-dealkylation sites (tertiary alicyclic amines) is 1. The zero-order valence-corrected chi connectivity index (χ0v) is 11.9. The second-order valence-electron chi connectivity index (χ2n) is 5.00. The Bertz CT molecular complexity index is 456. The average molecular weight is 278 g/mol. The Morgan fingerprint density at radius 1 is 1.35 bits per heavy atom. The van der Waals surface area contributed by atoms with E-state index in [1.807, 2.05) is 0 Å². The highest BCUT2D eigenvalue weighted by atomic mass is 16.5. The smallest absolute Gasteiger partial charge is 0.341 e. The second-order valence-corrected chi connectivity index (χ2v) is 5.00. The molecule has 1 aliphatic heterocycles. The van der Waals surface area contributed by atoms with Crippen molar-refractivity contribution < 1.29 is 14.3 Å². The summed E-state index contributed by atoms with van der Waals surface area (Å²) in [6, 6.07) is 4.96. The van der Waals surface area contributed by atoms with E-state index in [1.54, 1.807) is 18.2 Å². The first-order valence-corrected chi connectivity index (χ1v) is 7.03. The number of carbonyl (C=O) groups excluding carboxylic acids is 1. The van der Waals surface area contributed by atoms with Gasteiger partial charge in [0.15, 0.2) is 0 Å². The Kier molecular flexibility index (Phi) is 5.24. The standard InChI is InChI=1S/C15H22N2O3/c1-19-14-6-5-12(16)11-13(14)15(18)20-10-4-9-17-7-2-3-8-17/h5-6,11H,2-4,7-10,16H2,1H3. The van der Waals surface area contributed by atoms with Gasteiger partial charge in [-0.15, -0.1) is 0 Å². The molecule has 1 heterocycles. The lowest BCUT2D eigenvalue weighted by molar-refractivity contribution is 0.0487. The van der Waals surface area contributed by atoms with Gasteiger partial charge in [0.25, 0.3) is 0 Å². The molecule has 1 fully saturated rings. The van der Waals surface area contributed by atoms with Gasteiger partial charge >= 0.3 is 5.97 Å². The molecular formula is C15H22N2O3. The van der Waals surface area contributed by atoms with Crippen LogP contribution in [0.15, 0.2) is 18.2 Å². The van der Waals surface area contributed by atoms with Gasteiger partial charge in [0.05, 0.1) is 13.7 Å². The molecule has 1 saturated heterocycles. The molecule has 2 N–H and O–H groups in total. The number of anilines is 1. The number of rotatable bonds is 6. The van der Waals surface area contributed by atoms with Gasteiger partial charge in [-0.25, -0.2) is 4.79 Å². The minimum atomic E-state index is -0.379. The van der Waals surface area contributed by atoms with E-state index < -0.39 is 0 Å². The zero-order valence-electron chi connectivity index (χ0n) is 11.9. The third-order valence-electron chi connectivity index (χ3n) is 3.49. The van der Waals surface area contributed by atoms with Crippen LogP contribution in [0.5, 0.6) is 5.75 Å². The van der Waals surface area contributed by atoms with Gasteiger partial charge in [-0.05, 0) is 50.6 Å². The molecule has 1 aromatic carbocycles. The van der Waals surface area contributed by atoms with Crippen LogP contribution in [0.25, 0.3) is 0 Å². The van der Waals surface area contributed by atoms with Crippen molar-refractivity contribution >= 4 is 11.7 Å². The molecule has 1 aliphatic rings. The first-order chi connectivity index (χ1) is 9.70. The molecule has 1 aromatic rings. The normalized spacial score (nSPS) is 15.2. The van der Waals surface area contributed by atoms with Crippen LogP contribution in [0, 0.1) is 0 Å². The third-order valence-corrected chi connectivity index (χ3v) is 3.49. The van der Waals surface area contributed by atoms with Crippen LogP contribution >= 0.6 is 0 Å². The topological polar surface area (TPSA) is 64.8 Å². The number of carbonyl (C=O) groups is 1. The van der Waals surface area contributed by atoms with E-state index >= 15 is 0 Å². The number of esters is 1. The molecule has 2 rings (SSSR count). The third kappa shape index (κ3) is 3.87. The number of nitrogen functional groups attached to an aromatic ring is 1. The highest BCUT2D eigenvalue weighted by Crippen LogP contribution is 2.22. The highest BCUT2D eigenvalue weighted by molar-refractivity contribution is 5.93. The van der Waals surface area contributed by atoms with E-state index in [1.165, 1.54) is 20.0 Å². The maximum Gasteiger partial charge on any atom is 0.341 e. The first-order valence-electron chi connectivity index (χ1n) is 7.03. The van der Waals surface area contributed by atoms with Gasteiger partial charge in [-0.1, -0.05) is 0 Å². The van der Waals surface area contributed by atoms with Crippen molar-refractivity contribution in [1.82, 2.24) is 4.90 Å². The fourth-order valence-electron chi connectivity index (χ4n) is 2.42. The van der Waals surface area contributed by atoms with E-state index in [4.69, 9.17) is 15.2 Å². The molecule has 0 spiro atoms. The maximum absolute atomic E-state index is 12.0. The Balaban J connectivity index is 1.80. The van der Waals surface area contributed by atoms with E-state index in [9.17, 15) is 4.79 Å². The molecule has 110 valence electrons. The van der Waals surface area contributed by atoms with Gasteiger partial charge in [0, 0.05) is 12.2 Å². The molecule has 0 saturated carbocycles. The lowest BCUT2D eigenvalue weighted by Crippen LogP contribution is -2.22. The summed E-state index contributed by atoms with van der Waals surface area (Å²) < 4.78 is 10.4. The summed E-state index contributed by atoms with van der Waals surface area (Å²) in [5, 5.41) is 0. The number of nitrogens with zero attached hydrogens (tertiary/aromatic N) is 1. The monoisotopic (exact) mass is 278 g/mol. The van der Waals surface area contributed by atoms with Crippen molar-refractivity contribution in [3.8, 4) is 5.75 Å². The molecule has 20 heavy (non-hydrogen) atoms. The molecule has 5 nitrogen and oxygen atoms in total. The predicted octanol–water partition coefficient (Wildman–Crippen LogP) is 1.92. The molecule has 0 atom stereocenters. The van der Waals surface area contributed by atoms with Crippen molar-refractivity contribution in [1.29, 1.82) is 0 Å². The number of nitrogens with two attached hydrogens (primary N) is 1. The summed E-state index contributed by atoms with van der Waals surface area (Å²) in [4.78, 5) is 14.4. The van der Waals surface area contributed by atoms with Crippen LogP contribution in [0.1, 0.15) is 29.6 Å². The van der Waals surface area contributed by atoms with E-state index in [0.29, 0.717) is 23.6 Å². The SMILES string of the molecule is COc1ccc(N)cc1C(=O)OCCCN1CCCC1. The Morgan fingerprint density at radius 3 is 2.80 bits per heavy atom. The van der Waals surface area contributed by atoms with Crippen LogP contribution in [0.3, 0.4) is 0 Å². The number of methoxy groups -OCH3 is 1. The molecule has 0 bridgehead atoms. The fraction of sp³-hybridized carbons (Fsp3) is 0.533. The summed E-state index contributed by atoms with van der Waals surface area (Å²) in [5.41, 5.74) is 6.59. The summed E-state index contributed by atoms with van der Waals surface area (Å²) in [7, 11) is 1.52. The van der Waals surface area contributed by atoms with Crippen molar-refractivity contribution in [3.63, 3.8) is 0 Å². The van der Waals surface area contributed by atoms with Crippen LogP contribution in [0.4, 0.5) is 5.69 Å². The highest BCUT2D eigenvalue weighted by Gasteiger charge is 2.15. The number of benzene rings is 1. The molecule has 0 amide bonds. The molecule has 0 unspecified atom stereocenters. The predicted molar refractivity (Wildman–Crippen MR) is 78.0 cm³/mol. The van der Waals surface area contributed by atoms with Gasteiger partial charge in [-0.3, -0.25) is 0 Å². The fourth-order valence-corrected chi connectivity index (χ4v) is 2.42. The van der Waals surface area contributed by atoms with Gasteiger partial charge < -0.3 is 20.1 Å². The Labute approximate surface area is 119 Å². The average Bonchev–Trinajstić information content (AvgIpc) is 2.96. The van der Waals surface area contributed by atoms with Crippen molar-refractivity contribution in [2.75, 3.05) is 39.1 Å². The first kappa shape index (κ1) is 14.7. The molecule has 5 heteroatoms. The zero-order chi connectivity index (χ0) is 14.4. The van der Waals surface area contributed by atoms with Gasteiger partial charge in [-0.2, -0.15) is 0 Å². The van der Waals surface area contributed by atoms with Crippen LogP contribution in [0.2, 0.25) is 0 Å². The maximum atomic E-state index is 12.0. The summed E-state index contributed by atoms with van der Waals surface area (Å²) in [5.74, 6) is 0.110. The van der Waals surface area contributed by atoms with Gasteiger partial charge in [0.1, 0.15) is 11.3 Å². The minimum Gasteiger partial charge on any atom is -0.496 e. The number of hydrogen-bond donors (Lipinski definition) is 1. The largest absolute Gasteiger partial charge is 0.496 e. The van der Waals surface area contributed by atoms with Crippen LogP contribution < -0.4 is 10.5 Å². The lowest BCUT2D eigenvalue weighted by atomic mass is 10.2. The summed E-state index contributed by atoms with van der Waals surface area (Å²) in [6.07, 6.45) is 3.41. The summed E-state index contributed by atoms with van der Waals surface area (Å²) in [6.45, 7) is 3.74. The van der Waals surface area contributed by atoms with Crippen LogP contribution in [-0.4, -0.2) is 44.2 Å². The second kappa shape index (κ2) is 7.14. The molecule has 0 aromatic heterocycles. The summed E-state index contributed by atoms with van der Waals surface area (Å²) >= 11 is 0. The Morgan fingerprint density at radius 2 is 2.10 bits per heavy atom. The minimum absolute atomic E-state index is 0.379. The van der Waals surface area contributed by atoms with Crippen molar-refractivity contribution in [2.45, 2.75) is 19.3 Å². The number of hydrogen-bond acceptors (Lipinski definition) is 5. The Hall–Kier alpha value is -1.75. The number of ether oxygens (including phenoxy) is 2. The van der Waals surface area contributed by atoms with Crippen molar-refractivity contribution in [3.05, 3.63) is 23.8 Å². The lowest BCUT2D eigenvalue weighted by Gasteiger charge is -2.14. The van der Waals surface area contributed by atoms with Crippen LogP contribution in [-0.2, 0) is 4.74 Å². The van der Waals surface area contributed by atoms with Crippen molar-refractivity contribution in [2.24, 2.45) is 0 Å². The van der Waals surface area contributed by atoms with E-state index in [0.717, 1.165) is 26.1 Å². The van der Waals surface area contributed by atoms with E-state index in [-0.39, 0.29) is 5.97 Å². The molecular weight excluding hydrogens is 256 g/mol.